The molecule has 0 spiro atoms. The third kappa shape index (κ3) is 3.46. The summed E-state index contributed by atoms with van der Waals surface area (Å²) >= 11 is 1.71. The molecular formula is C20H23NOS. The second-order valence-corrected chi connectivity index (χ2v) is 7.91. The van der Waals surface area contributed by atoms with E-state index in [9.17, 15) is 5.11 Å². The van der Waals surface area contributed by atoms with Crippen molar-refractivity contribution in [3.63, 3.8) is 0 Å². The maximum Gasteiger partial charge on any atom is 0.0841 e. The molecule has 0 saturated carbocycles. The summed E-state index contributed by atoms with van der Waals surface area (Å²) in [5, 5.41) is 12.5. The number of aliphatic hydroxyl groups is 1. The van der Waals surface area contributed by atoms with E-state index in [-0.39, 0.29) is 12.0 Å². The summed E-state index contributed by atoms with van der Waals surface area (Å²) in [6, 6.07) is 13.0. The minimum Gasteiger partial charge on any atom is -0.396 e. The van der Waals surface area contributed by atoms with Crippen LogP contribution in [0, 0.1) is 0 Å². The minimum absolute atomic E-state index is 0.131. The molecule has 0 saturated heterocycles. The van der Waals surface area contributed by atoms with Crippen molar-refractivity contribution in [2.75, 3.05) is 6.61 Å². The van der Waals surface area contributed by atoms with E-state index in [1.54, 1.807) is 11.3 Å². The van der Waals surface area contributed by atoms with Crippen LogP contribution in [0.1, 0.15) is 38.3 Å². The highest BCUT2D eigenvalue weighted by Crippen LogP contribution is 2.32. The van der Waals surface area contributed by atoms with E-state index in [0.29, 0.717) is 0 Å². The largest absolute Gasteiger partial charge is 0.396 e. The molecule has 0 amide bonds. The fourth-order valence-electron chi connectivity index (χ4n) is 2.77. The zero-order chi connectivity index (χ0) is 16.4. The highest BCUT2D eigenvalue weighted by Gasteiger charge is 2.15. The van der Waals surface area contributed by atoms with Crippen molar-refractivity contribution in [1.29, 1.82) is 0 Å². The first-order valence-electron chi connectivity index (χ1n) is 8.08. The number of aryl methyl sites for hydroxylation is 1. The molecule has 120 valence electrons. The predicted molar refractivity (Wildman–Crippen MR) is 99.2 cm³/mol. The summed E-state index contributed by atoms with van der Waals surface area (Å²) in [4.78, 5) is 6.12. The molecule has 3 rings (SSSR count). The molecule has 0 fully saturated rings. The van der Waals surface area contributed by atoms with Crippen LogP contribution in [0.25, 0.3) is 21.5 Å². The van der Waals surface area contributed by atoms with Gasteiger partial charge in [-0.1, -0.05) is 32.9 Å². The van der Waals surface area contributed by atoms with E-state index in [0.717, 1.165) is 24.1 Å². The highest BCUT2D eigenvalue weighted by atomic mass is 32.1. The Balaban J connectivity index is 2.15. The fourth-order valence-corrected chi connectivity index (χ4v) is 3.52. The van der Waals surface area contributed by atoms with Crippen LogP contribution in [0.3, 0.4) is 0 Å². The quantitative estimate of drug-likeness (QED) is 0.716. The number of aliphatic hydroxyl groups excluding tert-OH is 1. The first kappa shape index (κ1) is 16.2. The molecule has 2 aromatic heterocycles. The summed E-state index contributed by atoms with van der Waals surface area (Å²) in [7, 11) is 0. The molecule has 3 aromatic rings. The Morgan fingerprint density at radius 1 is 1.13 bits per heavy atom. The zero-order valence-corrected chi connectivity index (χ0v) is 14.8. The van der Waals surface area contributed by atoms with Crippen molar-refractivity contribution in [3.05, 3.63) is 52.9 Å². The number of fused-ring (bicyclic) bond motifs is 1. The van der Waals surface area contributed by atoms with Gasteiger partial charge in [0.25, 0.3) is 0 Å². The summed E-state index contributed by atoms with van der Waals surface area (Å²) < 4.78 is 0. The maximum atomic E-state index is 9.20. The van der Waals surface area contributed by atoms with Crippen molar-refractivity contribution in [1.82, 2.24) is 4.98 Å². The Hall–Kier alpha value is -1.71. The van der Waals surface area contributed by atoms with E-state index >= 15 is 0 Å². The molecular weight excluding hydrogens is 302 g/mol. The van der Waals surface area contributed by atoms with E-state index in [4.69, 9.17) is 4.98 Å². The third-order valence-corrected chi connectivity index (χ3v) is 5.00. The van der Waals surface area contributed by atoms with Gasteiger partial charge >= 0.3 is 0 Å². The van der Waals surface area contributed by atoms with Crippen LogP contribution in [-0.4, -0.2) is 16.7 Å². The lowest BCUT2D eigenvalue weighted by atomic mass is 9.86. The number of hydrogen-bond donors (Lipinski definition) is 1. The molecule has 1 N–H and O–H groups in total. The summed E-state index contributed by atoms with van der Waals surface area (Å²) in [5.74, 6) is 0. The molecule has 0 unspecified atom stereocenters. The van der Waals surface area contributed by atoms with Crippen molar-refractivity contribution in [2.24, 2.45) is 0 Å². The topological polar surface area (TPSA) is 33.1 Å². The smallest absolute Gasteiger partial charge is 0.0841 e. The molecule has 0 aliphatic heterocycles. The van der Waals surface area contributed by atoms with Crippen molar-refractivity contribution in [3.8, 4) is 10.6 Å². The molecule has 1 aromatic carbocycles. The number of hydrogen-bond acceptors (Lipinski definition) is 3. The Bertz CT molecular complexity index is 800. The predicted octanol–water partition coefficient (Wildman–Crippen LogP) is 5.19. The molecule has 3 heteroatoms. The Morgan fingerprint density at radius 3 is 2.61 bits per heavy atom. The van der Waals surface area contributed by atoms with Crippen LogP contribution < -0.4 is 0 Å². The van der Waals surface area contributed by atoms with Crippen LogP contribution in [0.5, 0.6) is 0 Å². The van der Waals surface area contributed by atoms with Crippen LogP contribution in [0.2, 0.25) is 0 Å². The molecule has 2 nitrogen and oxygen atoms in total. The van der Waals surface area contributed by atoms with Gasteiger partial charge in [0.05, 0.1) is 16.1 Å². The van der Waals surface area contributed by atoms with Crippen LogP contribution in [0.4, 0.5) is 0 Å². The van der Waals surface area contributed by atoms with Gasteiger partial charge in [-0.05, 0) is 59.0 Å². The summed E-state index contributed by atoms with van der Waals surface area (Å²) in [5.41, 5.74) is 4.77. The molecule has 0 radical (unpaired) electrons. The second-order valence-electron chi connectivity index (χ2n) is 6.96. The van der Waals surface area contributed by atoms with E-state index < -0.39 is 0 Å². The summed E-state index contributed by atoms with van der Waals surface area (Å²) in [6.07, 6.45) is 1.62. The molecule has 2 heterocycles. The average Bonchev–Trinajstić information content (AvgIpc) is 3.04. The van der Waals surface area contributed by atoms with E-state index in [1.807, 2.05) is 0 Å². The van der Waals surface area contributed by atoms with Gasteiger partial charge in [-0.25, -0.2) is 4.98 Å². The van der Waals surface area contributed by atoms with Gasteiger partial charge in [-0.15, -0.1) is 11.3 Å². The molecule has 0 aliphatic rings. The number of rotatable bonds is 4. The number of benzene rings is 1. The van der Waals surface area contributed by atoms with Crippen molar-refractivity contribution < 1.29 is 5.11 Å². The van der Waals surface area contributed by atoms with E-state index in [2.05, 4.69) is 62.5 Å². The SMILES string of the molecule is CC(C)(C)c1ccc2nc(-c3cccs3)c(CCCO)cc2c1. The highest BCUT2D eigenvalue weighted by molar-refractivity contribution is 7.13. The number of thiophene rings is 1. The van der Waals surface area contributed by atoms with Crippen molar-refractivity contribution in [2.45, 2.75) is 39.0 Å². The molecule has 0 aliphatic carbocycles. The second kappa shape index (κ2) is 6.42. The van der Waals surface area contributed by atoms with Gasteiger partial charge in [0.2, 0.25) is 0 Å². The first-order valence-corrected chi connectivity index (χ1v) is 8.96. The van der Waals surface area contributed by atoms with Crippen LogP contribution >= 0.6 is 11.3 Å². The lowest BCUT2D eigenvalue weighted by Crippen LogP contribution is -2.10. The Kier molecular flexibility index (Phi) is 4.51. The van der Waals surface area contributed by atoms with Gasteiger partial charge in [0.15, 0.2) is 0 Å². The van der Waals surface area contributed by atoms with Gasteiger partial charge in [0.1, 0.15) is 0 Å². The Morgan fingerprint density at radius 2 is 1.96 bits per heavy atom. The zero-order valence-electron chi connectivity index (χ0n) is 14.0. The first-order chi connectivity index (χ1) is 11.0. The third-order valence-electron chi connectivity index (χ3n) is 4.12. The van der Waals surface area contributed by atoms with Gasteiger partial charge in [-0.2, -0.15) is 0 Å². The lowest BCUT2D eigenvalue weighted by molar-refractivity contribution is 0.288. The fraction of sp³-hybridized carbons (Fsp3) is 0.350. The number of nitrogens with zero attached hydrogens (tertiary/aromatic N) is 1. The lowest BCUT2D eigenvalue weighted by Gasteiger charge is -2.20. The van der Waals surface area contributed by atoms with Crippen LogP contribution in [0.15, 0.2) is 41.8 Å². The van der Waals surface area contributed by atoms with Crippen LogP contribution in [-0.2, 0) is 11.8 Å². The van der Waals surface area contributed by atoms with Crippen molar-refractivity contribution >= 4 is 22.2 Å². The Labute approximate surface area is 141 Å². The average molecular weight is 325 g/mol. The monoisotopic (exact) mass is 325 g/mol. The molecule has 0 atom stereocenters. The van der Waals surface area contributed by atoms with Gasteiger partial charge in [0, 0.05) is 12.0 Å². The van der Waals surface area contributed by atoms with E-state index in [1.165, 1.54) is 21.4 Å². The van der Waals surface area contributed by atoms with Gasteiger partial charge in [-0.3, -0.25) is 0 Å². The molecule has 23 heavy (non-hydrogen) atoms. The normalized spacial score (nSPS) is 12.0. The summed E-state index contributed by atoms with van der Waals surface area (Å²) in [6.45, 7) is 6.90. The minimum atomic E-state index is 0.131. The molecule has 0 bridgehead atoms. The number of aromatic nitrogens is 1. The maximum absolute atomic E-state index is 9.20. The number of pyridine rings is 1. The standard InChI is InChI=1S/C20H23NOS/c1-20(2,3)16-8-9-17-15(13-16)12-14(6-4-10-22)19(21-17)18-7-5-11-23-18/h5,7-9,11-13,22H,4,6,10H2,1-3H3. The van der Waals surface area contributed by atoms with Gasteiger partial charge < -0.3 is 5.11 Å².